The van der Waals surface area contributed by atoms with Crippen molar-refractivity contribution >= 4 is 17.8 Å². The smallest absolute Gasteiger partial charge is 0.322 e. The van der Waals surface area contributed by atoms with E-state index >= 15 is 0 Å². The minimum Gasteiger partial charge on any atom is -0.467 e. The summed E-state index contributed by atoms with van der Waals surface area (Å²) in [6.07, 6.45) is 2.57. The number of rotatable bonds is 6. The van der Waals surface area contributed by atoms with Crippen LogP contribution in [0.25, 0.3) is 0 Å². The second-order valence-corrected chi connectivity index (χ2v) is 4.63. The molecule has 8 nitrogen and oxygen atoms in total. The number of amides is 1. The lowest BCUT2D eigenvalue weighted by molar-refractivity contribution is -0.119. The number of nitrogens with one attached hydrogen (secondary N) is 1. The van der Waals surface area contributed by atoms with Gasteiger partial charge in [-0.3, -0.25) is 4.79 Å². The summed E-state index contributed by atoms with van der Waals surface area (Å²) in [7, 11) is 1.50. The minimum atomic E-state index is -0.360. The molecule has 1 aromatic heterocycles. The lowest BCUT2D eigenvalue weighted by Crippen LogP contribution is -2.41. The number of carbonyl (C=O) groups is 1. The quantitative estimate of drug-likeness (QED) is 0.764. The zero-order chi connectivity index (χ0) is 14.5. The third kappa shape index (κ3) is 3.06. The third-order valence-electron chi connectivity index (χ3n) is 3.16. The molecule has 0 radical (unpaired) electrons. The first-order valence-corrected chi connectivity index (χ1v) is 6.75. The summed E-state index contributed by atoms with van der Waals surface area (Å²) in [4.78, 5) is 25.9. The molecule has 0 aromatic carbocycles. The summed E-state index contributed by atoms with van der Waals surface area (Å²) < 4.78 is 5.09. The van der Waals surface area contributed by atoms with Crippen LogP contribution in [0.15, 0.2) is 0 Å². The predicted octanol–water partition coefficient (Wildman–Crippen LogP) is 0.156. The van der Waals surface area contributed by atoms with E-state index in [2.05, 4.69) is 27.2 Å². The molecule has 8 heteroatoms. The standard InChI is InChI=1S/C12H20N6O2/c1-3-6-14-10-15-11(17-12(16-10)20-2)18-7-4-5-8(18)9(13)19/h8H,3-7H2,1-2H3,(H2,13,19)(H,14,15,16,17). The van der Waals surface area contributed by atoms with Crippen LogP contribution in [0.3, 0.4) is 0 Å². The van der Waals surface area contributed by atoms with E-state index in [0.29, 0.717) is 18.4 Å². The van der Waals surface area contributed by atoms with E-state index in [0.717, 1.165) is 25.8 Å². The highest BCUT2D eigenvalue weighted by atomic mass is 16.5. The third-order valence-corrected chi connectivity index (χ3v) is 3.16. The molecule has 0 spiro atoms. The fourth-order valence-electron chi connectivity index (χ4n) is 2.18. The molecule has 3 N–H and O–H groups in total. The first kappa shape index (κ1) is 14.3. The number of ether oxygens (including phenoxy) is 1. The minimum absolute atomic E-state index is 0.226. The topological polar surface area (TPSA) is 106 Å². The van der Waals surface area contributed by atoms with Crippen LogP contribution in [0.5, 0.6) is 6.01 Å². The summed E-state index contributed by atoms with van der Waals surface area (Å²) in [5.41, 5.74) is 5.42. The Bertz CT molecular complexity index is 481. The van der Waals surface area contributed by atoms with Gasteiger partial charge in [0.25, 0.3) is 0 Å². The maximum Gasteiger partial charge on any atom is 0.322 e. The van der Waals surface area contributed by atoms with Crippen molar-refractivity contribution in [3.05, 3.63) is 0 Å². The van der Waals surface area contributed by atoms with Gasteiger partial charge in [-0.1, -0.05) is 6.92 Å². The van der Waals surface area contributed by atoms with E-state index in [4.69, 9.17) is 10.5 Å². The maximum absolute atomic E-state index is 11.5. The van der Waals surface area contributed by atoms with Gasteiger partial charge >= 0.3 is 6.01 Å². The van der Waals surface area contributed by atoms with Crippen molar-refractivity contribution in [1.29, 1.82) is 0 Å². The predicted molar refractivity (Wildman–Crippen MR) is 74.7 cm³/mol. The number of aromatic nitrogens is 3. The van der Waals surface area contributed by atoms with Crippen molar-refractivity contribution in [3.8, 4) is 6.01 Å². The molecule has 1 amide bonds. The highest BCUT2D eigenvalue weighted by Crippen LogP contribution is 2.24. The molecule has 1 unspecified atom stereocenters. The van der Waals surface area contributed by atoms with E-state index in [1.54, 1.807) is 0 Å². The largest absolute Gasteiger partial charge is 0.467 e. The number of methoxy groups -OCH3 is 1. The van der Waals surface area contributed by atoms with Crippen LogP contribution >= 0.6 is 0 Å². The van der Waals surface area contributed by atoms with Gasteiger partial charge in [0.2, 0.25) is 17.8 Å². The average Bonchev–Trinajstić information content (AvgIpc) is 2.94. The Kier molecular flexibility index (Phi) is 4.54. The van der Waals surface area contributed by atoms with Crippen LogP contribution < -0.4 is 20.7 Å². The van der Waals surface area contributed by atoms with Gasteiger partial charge in [-0.05, 0) is 19.3 Å². The van der Waals surface area contributed by atoms with Crippen LogP contribution in [-0.2, 0) is 4.79 Å². The zero-order valence-electron chi connectivity index (χ0n) is 11.8. The Morgan fingerprint density at radius 2 is 2.30 bits per heavy atom. The van der Waals surface area contributed by atoms with Crippen LogP contribution in [0.2, 0.25) is 0 Å². The molecular formula is C12H20N6O2. The monoisotopic (exact) mass is 280 g/mol. The number of anilines is 2. The SMILES string of the molecule is CCCNc1nc(OC)nc(N2CCCC2C(N)=O)n1. The molecule has 0 bridgehead atoms. The molecule has 1 fully saturated rings. The van der Waals surface area contributed by atoms with Gasteiger partial charge in [-0.15, -0.1) is 0 Å². The second kappa shape index (κ2) is 6.36. The first-order valence-electron chi connectivity index (χ1n) is 6.75. The van der Waals surface area contributed by atoms with Crippen molar-refractivity contribution in [2.45, 2.75) is 32.2 Å². The van der Waals surface area contributed by atoms with Crippen LogP contribution in [0, 0.1) is 0 Å². The average molecular weight is 280 g/mol. The fourth-order valence-corrected chi connectivity index (χ4v) is 2.18. The van der Waals surface area contributed by atoms with Crippen molar-refractivity contribution in [1.82, 2.24) is 15.0 Å². The first-order chi connectivity index (χ1) is 9.65. The second-order valence-electron chi connectivity index (χ2n) is 4.63. The van der Waals surface area contributed by atoms with E-state index in [-0.39, 0.29) is 18.0 Å². The molecule has 1 atom stereocenters. The van der Waals surface area contributed by atoms with Gasteiger partial charge < -0.3 is 20.7 Å². The van der Waals surface area contributed by atoms with Crippen LogP contribution in [0.1, 0.15) is 26.2 Å². The molecule has 0 saturated carbocycles. The van der Waals surface area contributed by atoms with Gasteiger partial charge in [0, 0.05) is 13.1 Å². The molecule has 1 aliphatic heterocycles. The van der Waals surface area contributed by atoms with E-state index in [1.807, 2.05) is 4.90 Å². The summed E-state index contributed by atoms with van der Waals surface area (Å²) in [6.45, 7) is 3.51. The molecule has 0 aliphatic carbocycles. The Hall–Kier alpha value is -2.12. The number of nitrogens with two attached hydrogens (primary N) is 1. The Labute approximate surface area is 117 Å². The van der Waals surface area contributed by atoms with Crippen molar-refractivity contribution in [2.75, 3.05) is 30.4 Å². The number of nitrogens with zero attached hydrogens (tertiary/aromatic N) is 4. The normalized spacial score (nSPS) is 18.1. The Balaban J connectivity index is 2.27. The molecule has 2 rings (SSSR count). The van der Waals surface area contributed by atoms with Gasteiger partial charge in [-0.2, -0.15) is 15.0 Å². The summed E-state index contributed by atoms with van der Waals surface area (Å²) >= 11 is 0. The Morgan fingerprint density at radius 1 is 1.50 bits per heavy atom. The summed E-state index contributed by atoms with van der Waals surface area (Å²) in [5, 5.41) is 3.09. The number of primary amides is 1. The Morgan fingerprint density at radius 3 is 2.95 bits per heavy atom. The van der Waals surface area contributed by atoms with Crippen molar-refractivity contribution in [3.63, 3.8) is 0 Å². The summed E-state index contributed by atoms with van der Waals surface area (Å²) in [5.74, 6) is 0.519. The fraction of sp³-hybridized carbons (Fsp3) is 0.667. The lowest BCUT2D eigenvalue weighted by Gasteiger charge is -2.22. The number of hydrogen-bond donors (Lipinski definition) is 2. The maximum atomic E-state index is 11.5. The van der Waals surface area contributed by atoms with Gasteiger partial charge in [0.15, 0.2) is 0 Å². The summed E-state index contributed by atoms with van der Waals surface area (Å²) in [6, 6.07) is -0.134. The number of hydrogen-bond acceptors (Lipinski definition) is 7. The molecule has 2 heterocycles. The molecule has 1 aromatic rings. The lowest BCUT2D eigenvalue weighted by atomic mass is 10.2. The highest BCUT2D eigenvalue weighted by molar-refractivity contribution is 5.83. The molecular weight excluding hydrogens is 260 g/mol. The molecule has 110 valence electrons. The van der Waals surface area contributed by atoms with Crippen LogP contribution in [-0.4, -0.2) is 47.1 Å². The molecule has 20 heavy (non-hydrogen) atoms. The number of carbonyl (C=O) groups excluding carboxylic acids is 1. The highest BCUT2D eigenvalue weighted by Gasteiger charge is 2.31. The van der Waals surface area contributed by atoms with Crippen molar-refractivity contribution < 1.29 is 9.53 Å². The van der Waals surface area contributed by atoms with Crippen molar-refractivity contribution in [2.24, 2.45) is 5.73 Å². The van der Waals surface area contributed by atoms with Gasteiger partial charge in [0.05, 0.1) is 7.11 Å². The van der Waals surface area contributed by atoms with E-state index in [1.165, 1.54) is 7.11 Å². The molecule has 1 saturated heterocycles. The van der Waals surface area contributed by atoms with E-state index < -0.39 is 0 Å². The van der Waals surface area contributed by atoms with Gasteiger partial charge in [-0.25, -0.2) is 0 Å². The van der Waals surface area contributed by atoms with Crippen LogP contribution in [0.4, 0.5) is 11.9 Å². The molecule has 1 aliphatic rings. The van der Waals surface area contributed by atoms with E-state index in [9.17, 15) is 4.79 Å². The van der Waals surface area contributed by atoms with Gasteiger partial charge in [0.1, 0.15) is 6.04 Å². The zero-order valence-corrected chi connectivity index (χ0v) is 11.8.